The Morgan fingerprint density at radius 3 is 2.35 bits per heavy atom. The molecule has 0 saturated carbocycles. The Morgan fingerprint density at radius 2 is 1.71 bits per heavy atom. The van der Waals surface area contributed by atoms with Crippen LogP contribution in [-0.4, -0.2) is 48.8 Å². The van der Waals surface area contributed by atoms with Crippen molar-refractivity contribution >= 4 is 15.8 Å². The molecule has 8 heteroatoms. The lowest BCUT2D eigenvalue weighted by Crippen LogP contribution is -2.40. The summed E-state index contributed by atoms with van der Waals surface area (Å²) in [5.74, 6) is 2.25. The molecule has 2 aliphatic heterocycles. The zero-order valence-electron chi connectivity index (χ0n) is 19.6. The summed E-state index contributed by atoms with van der Waals surface area (Å²) >= 11 is 0. The Kier molecular flexibility index (Phi) is 6.25. The van der Waals surface area contributed by atoms with Crippen molar-refractivity contribution in [1.82, 2.24) is 15.0 Å². The van der Waals surface area contributed by atoms with Gasteiger partial charge in [0.2, 0.25) is 5.95 Å². The van der Waals surface area contributed by atoms with Gasteiger partial charge in [-0.15, -0.1) is 0 Å². The molecule has 1 atom stereocenters. The molecule has 0 N–H and O–H groups in total. The lowest BCUT2D eigenvalue weighted by Gasteiger charge is -2.34. The van der Waals surface area contributed by atoms with Gasteiger partial charge in [0, 0.05) is 49.3 Å². The number of aromatic nitrogens is 3. The number of sulfone groups is 1. The quantitative estimate of drug-likeness (QED) is 0.532. The summed E-state index contributed by atoms with van der Waals surface area (Å²) < 4.78 is 29.4. The fourth-order valence-electron chi connectivity index (χ4n) is 4.83. The molecule has 1 fully saturated rings. The van der Waals surface area contributed by atoms with E-state index in [2.05, 4.69) is 32.8 Å². The molecule has 34 heavy (non-hydrogen) atoms. The minimum atomic E-state index is -3.04. The second-order valence-electron chi connectivity index (χ2n) is 9.37. The van der Waals surface area contributed by atoms with Crippen molar-refractivity contribution in [2.45, 2.75) is 44.5 Å². The molecule has 1 unspecified atom stereocenters. The molecule has 178 valence electrons. The van der Waals surface area contributed by atoms with Crippen LogP contribution in [0.2, 0.25) is 0 Å². The van der Waals surface area contributed by atoms with Gasteiger partial charge >= 0.3 is 0 Å². The maximum Gasteiger partial charge on any atom is 0.225 e. The number of aryl methyl sites for hydroxylation is 1. The van der Waals surface area contributed by atoms with E-state index in [-0.39, 0.29) is 11.9 Å². The van der Waals surface area contributed by atoms with E-state index in [1.165, 1.54) is 11.8 Å². The van der Waals surface area contributed by atoms with Crippen molar-refractivity contribution in [2.75, 3.05) is 24.2 Å². The van der Waals surface area contributed by atoms with Gasteiger partial charge in [0.05, 0.1) is 17.6 Å². The molecule has 0 amide bonds. The van der Waals surface area contributed by atoms with E-state index in [0.29, 0.717) is 5.92 Å². The smallest absolute Gasteiger partial charge is 0.225 e. The second-order valence-corrected chi connectivity index (χ2v) is 11.5. The minimum Gasteiger partial charge on any atom is -0.488 e. The molecule has 7 nitrogen and oxygen atoms in total. The average molecular weight is 479 g/mol. The Morgan fingerprint density at radius 1 is 1.00 bits per heavy atom. The van der Waals surface area contributed by atoms with Crippen LogP contribution in [0.3, 0.4) is 0 Å². The van der Waals surface area contributed by atoms with Gasteiger partial charge in [0.15, 0.2) is 9.84 Å². The monoisotopic (exact) mass is 478 g/mol. The van der Waals surface area contributed by atoms with Gasteiger partial charge in [-0.05, 0) is 42.4 Å². The van der Waals surface area contributed by atoms with Crippen LogP contribution in [0.25, 0.3) is 11.3 Å². The number of fused-ring (bicyclic) bond motifs is 1. The van der Waals surface area contributed by atoms with Crippen LogP contribution in [0.15, 0.2) is 48.9 Å². The van der Waals surface area contributed by atoms with Crippen molar-refractivity contribution in [3.05, 3.63) is 65.6 Å². The number of nitrogens with zero attached hydrogens (tertiary/aromatic N) is 4. The fourth-order valence-corrected chi connectivity index (χ4v) is 5.63. The number of piperidine rings is 1. The van der Waals surface area contributed by atoms with E-state index in [0.717, 1.165) is 72.9 Å². The predicted molar refractivity (Wildman–Crippen MR) is 133 cm³/mol. The standard InChI is InChI=1S/C26H30N4O3S/c1-3-18-14-28-26(29-15-18)30-10-8-21(9-11-30)24-13-22-12-23(27-16-25(22)33-24)20-6-4-19(5-7-20)17-34(2,31)32/h4-7,12,14-16,21,24H,3,8-11,13,17H2,1-2H3. The van der Waals surface area contributed by atoms with Gasteiger partial charge < -0.3 is 9.64 Å². The van der Waals surface area contributed by atoms with E-state index < -0.39 is 9.84 Å². The first-order chi connectivity index (χ1) is 16.4. The van der Waals surface area contributed by atoms with Crippen LogP contribution in [0.1, 0.15) is 36.5 Å². The summed E-state index contributed by atoms with van der Waals surface area (Å²) in [4.78, 5) is 15.9. The van der Waals surface area contributed by atoms with Gasteiger partial charge in [-0.3, -0.25) is 4.98 Å². The number of ether oxygens (including phenoxy) is 1. The lowest BCUT2D eigenvalue weighted by atomic mass is 9.89. The van der Waals surface area contributed by atoms with E-state index >= 15 is 0 Å². The molecular formula is C26H30N4O3S. The molecule has 0 spiro atoms. The SMILES string of the molecule is CCc1cnc(N2CCC(C3Cc4cc(-c5ccc(CS(C)(=O)=O)cc5)ncc4O3)CC2)nc1. The summed E-state index contributed by atoms with van der Waals surface area (Å²) in [6, 6.07) is 9.70. The van der Waals surface area contributed by atoms with Crippen molar-refractivity contribution in [1.29, 1.82) is 0 Å². The highest BCUT2D eigenvalue weighted by Gasteiger charge is 2.33. The van der Waals surface area contributed by atoms with Crippen LogP contribution in [-0.2, 0) is 28.4 Å². The number of hydrogen-bond donors (Lipinski definition) is 0. The van der Waals surface area contributed by atoms with Crippen LogP contribution in [0.4, 0.5) is 5.95 Å². The fraction of sp³-hybridized carbons (Fsp3) is 0.423. The third-order valence-corrected chi connectivity index (χ3v) is 7.63. The number of anilines is 1. The molecule has 2 aromatic heterocycles. The summed E-state index contributed by atoms with van der Waals surface area (Å²) in [7, 11) is -3.04. The molecule has 3 aromatic rings. The van der Waals surface area contributed by atoms with E-state index in [1.54, 1.807) is 0 Å². The summed E-state index contributed by atoms with van der Waals surface area (Å²) in [6.07, 6.45) is 11.1. The third kappa shape index (κ3) is 5.06. The van der Waals surface area contributed by atoms with Crippen molar-refractivity contribution in [3.63, 3.8) is 0 Å². The van der Waals surface area contributed by atoms with Crippen LogP contribution < -0.4 is 9.64 Å². The summed E-state index contributed by atoms with van der Waals surface area (Å²) in [5, 5.41) is 0. The van der Waals surface area contributed by atoms with Gasteiger partial charge in [-0.2, -0.15) is 0 Å². The molecule has 5 rings (SSSR count). The van der Waals surface area contributed by atoms with Crippen LogP contribution in [0, 0.1) is 5.92 Å². The topological polar surface area (TPSA) is 85.3 Å². The normalized spacial score (nSPS) is 18.5. The Bertz CT molecular complexity index is 1250. The maximum atomic E-state index is 11.5. The molecule has 0 bridgehead atoms. The largest absolute Gasteiger partial charge is 0.488 e. The highest BCUT2D eigenvalue weighted by Crippen LogP contribution is 2.37. The third-order valence-electron chi connectivity index (χ3n) is 6.77. The number of rotatable bonds is 6. The number of benzene rings is 1. The van der Waals surface area contributed by atoms with Crippen LogP contribution in [0.5, 0.6) is 5.75 Å². The van der Waals surface area contributed by atoms with E-state index in [9.17, 15) is 8.42 Å². The van der Waals surface area contributed by atoms with Gasteiger partial charge in [0.1, 0.15) is 11.9 Å². The van der Waals surface area contributed by atoms with Crippen molar-refractivity contribution < 1.29 is 13.2 Å². The van der Waals surface area contributed by atoms with E-state index in [1.807, 2.05) is 42.9 Å². The number of pyridine rings is 1. The first-order valence-electron chi connectivity index (χ1n) is 11.9. The second kappa shape index (κ2) is 9.33. The molecule has 1 aromatic carbocycles. The van der Waals surface area contributed by atoms with Gasteiger partial charge in [0.25, 0.3) is 0 Å². The lowest BCUT2D eigenvalue weighted by molar-refractivity contribution is 0.138. The summed E-state index contributed by atoms with van der Waals surface area (Å²) in [6.45, 7) is 3.99. The highest BCUT2D eigenvalue weighted by molar-refractivity contribution is 7.89. The minimum absolute atomic E-state index is 0.0510. The number of hydrogen-bond acceptors (Lipinski definition) is 7. The van der Waals surface area contributed by atoms with Gasteiger partial charge in [-0.25, -0.2) is 18.4 Å². The zero-order chi connectivity index (χ0) is 23.7. The predicted octanol–water partition coefficient (Wildman–Crippen LogP) is 3.87. The summed E-state index contributed by atoms with van der Waals surface area (Å²) in [5.41, 5.74) is 5.00. The molecule has 0 radical (unpaired) electrons. The van der Waals surface area contributed by atoms with E-state index in [4.69, 9.17) is 4.74 Å². The van der Waals surface area contributed by atoms with Crippen LogP contribution >= 0.6 is 0 Å². The Labute approximate surface area is 201 Å². The first-order valence-corrected chi connectivity index (χ1v) is 13.9. The Balaban J connectivity index is 1.21. The molecule has 0 aliphatic carbocycles. The molecular weight excluding hydrogens is 448 g/mol. The first kappa shape index (κ1) is 22.8. The van der Waals surface area contributed by atoms with Gasteiger partial charge in [-0.1, -0.05) is 31.2 Å². The molecule has 1 saturated heterocycles. The van der Waals surface area contributed by atoms with Crippen molar-refractivity contribution in [3.8, 4) is 17.0 Å². The zero-order valence-corrected chi connectivity index (χ0v) is 20.5. The highest BCUT2D eigenvalue weighted by atomic mass is 32.2. The Hall–Kier alpha value is -3.00. The molecule has 4 heterocycles. The van der Waals surface area contributed by atoms with Crippen molar-refractivity contribution in [2.24, 2.45) is 5.92 Å². The average Bonchev–Trinajstić information content (AvgIpc) is 3.27. The maximum absolute atomic E-state index is 11.5. The molecule has 2 aliphatic rings.